The Kier molecular flexibility index (Phi) is 8.11. The van der Waals surface area contributed by atoms with Gasteiger partial charge >= 0.3 is 0 Å². The number of rotatable bonds is 7. The van der Waals surface area contributed by atoms with Crippen molar-refractivity contribution in [3.05, 3.63) is 212 Å². The molecule has 0 N–H and O–H groups in total. The van der Waals surface area contributed by atoms with E-state index in [4.69, 9.17) is 14.4 Å². The van der Waals surface area contributed by atoms with Crippen molar-refractivity contribution >= 4 is 60.5 Å². The first kappa shape index (κ1) is 33.5. The first-order chi connectivity index (χ1) is 28.7. The molecule has 0 atom stereocenters. The monoisotopic (exact) mass is 741 g/mol. The average molecular weight is 742 g/mol. The lowest BCUT2D eigenvalue weighted by atomic mass is 9.97. The van der Waals surface area contributed by atoms with E-state index in [-0.39, 0.29) is 0 Å². The smallest absolute Gasteiger partial charge is 0.161 e. The Labute approximate surface area is 335 Å². The fourth-order valence-corrected chi connectivity index (χ4v) is 8.31. The Balaban J connectivity index is 1.14. The van der Waals surface area contributed by atoms with Crippen LogP contribution in [0.25, 0.3) is 88.5 Å². The van der Waals surface area contributed by atoms with Crippen LogP contribution < -0.4 is 4.90 Å². The predicted octanol–water partition coefficient (Wildman–Crippen LogP) is 14.8. The standard InChI is InChI=1S/C54H35N3O/c1-4-16-36(17-5-1)39-22-14-23-41(32-39)48-34-47(38-19-6-2-7-20-38)55-54(56-48)46-28-15-29-50-53(46)52-45-27-13-12-26-44(45)49(35-51(52)58-50)57(42-24-8-3-9-25-42)43-31-30-37-18-10-11-21-40(37)33-43/h1-35H. The molecule has 0 fully saturated rings. The first-order valence-corrected chi connectivity index (χ1v) is 19.6. The number of benzene rings is 9. The van der Waals surface area contributed by atoms with E-state index < -0.39 is 0 Å². The molecule has 0 aliphatic heterocycles. The van der Waals surface area contributed by atoms with Gasteiger partial charge < -0.3 is 9.32 Å². The lowest BCUT2D eigenvalue weighted by molar-refractivity contribution is 0.669. The molecule has 0 saturated carbocycles. The molecule has 0 unspecified atom stereocenters. The van der Waals surface area contributed by atoms with Crippen LogP contribution in [0.3, 0.4) is 0 Å². The lowest BCUT2D eigenvalue weighted by Crippen LogP contribution is -2.10. The van der Waals surface area contributed by atoms with Gasteiger partial charge in [-0.3, -0.25) is 0 Å². The third-order valence-electron chi connectivity index (χ3n) is 11.0. The topological polar surface area (TPSA) is 42.2 Å². The van der Waals surface area contributed by atoms with Crippen molar-refractivity contribution < 1.29 is 4.42 Å². The molecule has 0 aliphatic carbocycles. The maximum Gasteiger partial charge on any atom is 0.161 e. The summed E-state index contributed by atoms with van der Waals surface area (Å²) in [5.74, 6) is 0.644. The Hall–Kier alpha value is -7.82. The third kappa shape index (κ3) is 5.87. The summed E-state index contributed by atoms with van der Waals surface area (Å²) in [5.41, 5.74) is 11.7. The molecule has 9 aromatic carbocycles. The van der Waals surface area contributed by atoms with Crippen molar-refractivity contribution in [3.8, 4) is 45.0 Å². The number of furan rings is 1. The molecule has 11 rings (SSSR count). The van der Waals surface area contributed by atoms with Gasteiger partial charge in [0.25, 0.3) is 0 Å². The molecule has 272 valence electrons. The number of hydrogen-bond acceptors (Lipinski definition) is 4. The van der Waals surface area contributed by atoms with E-state index >= 15 is 0 Å². The van der Waals surface area contributed by atoms with Crippen molar-refractivity contribution in [3.63, 3.8) is 0 Å². The SMILES string of the molecule is c1ccc(-c2cccc(-c3cc(-c4ccccc4)nc(-c4cccc5oc6cc(N(c7ccccc7)c7ccc8ccccc8c7)c7ccccc7c6c45)n3)c2)cc1. The number of anilines is 3. The zero-order valence-electron chi connectivity index (χ0n) is 31.5. The largest absolute Gasteiger partial charge is 0.456 e. The van der Waals surface area contributed by atoms with Crippen molar-refractivity contribution in [1.29, 1.82) is 0 Å². The van der Waals surface area contributed by atoms with Gasteiger partial charge in [0.05, 0.1) is 17.1 Å². The summed E-state index contributed by atoms with van der Waals surface area (Å²) in [7, 11) is 0. The molecule has 0 saturated heterocycles. The maximum atomic E-state index is 6.87. The Morgan fingerprint density at radius 3 is 1.78 bits per heavy atom. The van der Waals surface area contributed by atoms with Crippen molar-refractivity contribution in [1.82, 2.24) is 9.97 Å². The van der Waals surface area contributed by atoms with E-state index in [2.05, 4.69) is 199 Å². The Bertz CT molecular complexity index is 3280. The van der Waals surface area contributed by atoms with E-state index in [9.17, 15) is 0 Å². The molecule has 0 radical (unpaired) electrons. The summed E-state index contributed by atoms with van der Waals surface area (Å²) in [5, 5.41) is 6.63. The number of hydrogen-bond donors (Lipinski definition) is 0. The summed E-state index contributed by atoms with van der Waals surface area (Å²) in [6, 6.07) is 74.3. The van der Waals surface area contributed by atoms with Gasteiger partial charge in [0.15, 0.2) is 5.82 Å². The average Bonchev–Trinajstić information content (AvgIpc) is 3.69. The minimum absolute atomic E-state index is 0.644. The molecule has 0 spiro atoms. The molecule has 0 aliphatic rings. The van der Waals surface area contributed by atoms with Crippen LogP contribution in [0.5, 0.6) is 0 Å². The van der Waals surface area contributed by atoms with Gasteiger partial charge in [0.2, 0.25) is 0 Å². The van der Waals surface area contributed by atoms with Crippen molar-refractivity contribution in [2.75, 3.05) is 4.90 Å². The quantitative estimate of drug-likeness (QED) is 0.163. The molecular formula is C54H35N3O. The van der Waals surface area contributed by atoms with Gasteiger partial charge in [-0.25, -0.2) is 9.97 Å². The van der Waals surface area contributed by atoms with Gasteiger partial charge in [-0.05, 0) is 69.8 Å². The van der Waals surface area contributed by atoms with Crippen LogP contribution in [0.4, 0.5) is 17.1 Å². The minimum atomic E-state index is 0.644. The highest BCUT2D eigenvalue weighted by Crippen LogP contribution is 2.47. The second-order valence-electron chi connectivity index (χ2n) is 14.6. The Morgan fingerprint density at radius 2 is 0.983 bits per heavy atom. The fraction of sp³-hybridized carbons (Fsp3) is 0. The van der Waals surface area contributed by atoms with Crippen molar-refractivity contribution in [2.45, 2.75) is 0 Å². The van der Waals surface area contributed by atoms with Gasteiger partial charge in [-0.2, -0.15) is 0 Å². The second-order valence-corrected chi connectivity index (χ2v) is 14.6. The normalized spacial score (nSPS) is 11.4. The highest BCUT2D eigenvalue weighted by atomic mass is 16.3. The van der Waals surface area contributed by atoms with Crippen LogP contribution in [0.1, 0.15) is 0 Å². The van der Waals surface area contributed by atoms with Crippen LogP contribution >= 0.6 is 0 Å². The van der Waals surface area contributed by atoms with Gasteiger partial charge in [0.1, 0.15) is 11.2 Å². The van der Waals surface area contributed by atoms with Crippen LogP contribution in [0.2, 0.25) is 0 Å². The Morgan fingerprint density at radius 1 is 0.362 bits per heavy atom. The fourth-order valence-electron chi connectivity index (χ4n) is 8.31. The third-order valence-corrected chi connectivity index (χ3v) is 11.0. The van der Waals surface area contributed by atoms with E-state index in [1.165, 1.54) is 10.8 Å². The lowest BCUT2D eigenvalue weighted by Gasteiger charge is -2.27. The molecule has 11 aromatic rings. The predicted molar refractivity (Wildman–Crippen MR) is 241 cm³/mol. The van der Waals surface area contributed by atoms with Crippen LogP contribution in [-0.4, -0.2) is 9.97 Å². The molecule has 58 heavy (non-hydrogen) atoms. The van der Waals surface area contributed by atoms with E-state index in [1.54, 1.807) is 0 Å². The zero-order chi connectivity index (χ0) is 38.4. The molecule has 0 amide bonds. The number of para-hydroxylation sites is 1. The van der Waals surface area contributed by atoms with Gasteiger partial charge in [0, 0.05) is 50.3 Å². The van der Waals surface area contributed by atoms with Crippen LogP contribution in [0.15, 0.2) is 217 Å². The van der Waals surface area contributed by atoms with Crippen LogP contribution in [0, 0.1) is 0 Å². The maximum absolute atomic E-state index is 6.87. The summed E-state index contributed by atoms with van der Waals surface area (Å²) >= 11 is 0. The minimum Gasteiger partial charge on any atom is -0.456 e. The van der Waals surface area contributed by atoms with Crippen LogP contribution in [-0.2, 0) is 0 Å². The molecule has 4 heteroatoms. The molecular weight excluding hydrogens is 707 g/mol. The van der Waals surface area contributed by atoms with E-state index in [0.717, 1.165) is 89.0 Å². The molecule has 2 heterocycles. The zero-order valence-corrected chi connectivity index (χ0v) is 31.5. The van der Waals surface area contributed by atoms with Gasteiger partial charge in [-0.15, -0.1) is 0 Å². The second kappa shape index (κ2) is 14.0. The molecule has 2 aromatic heterocycles. The summed E-state index contributed by atoms with van der Waals surface area (Å²) in [4.78, 5) is 13.0. The van der Waals surface area contributed by atoms with E-state index in [0.29, 0.717) is 5.82 Å². The van der Waals surface area contributed by atoms with Gasteiger partial charge in [-0.1, -0.05) is 164 Å². The number of nitrogens with zero attached hydrogens (tertiary/aromatic N) is 3. The highest BCUT2D eigenvalue weighted by Gasteiger charge is 2.23. The summed E-state index contributed by atoms with van der Waals surface area (Å²) in [6.45, 7) is 0. The van der Waals surface area contributed by atoms with Crippen molar-refractivity contribution in [2.24, 2.45) is 0 Å². The number of aromatic nitrogens is 2. The summed E-state index contributed by atoms with van der Waals surface area (Å²) < 4.78 is 6.87. The van der Waals surface area contributed by atoms with E-state index in [1.807, 2.05) is 18.2 Å². The molecule has 4 nitrogen and oxygen atoms in total. The summed E-state index contributed by atoms with van der Waals surface area (Å²) in [6.07, 6.45) is 0. The highest BCUT2D eigenvalue weighted by molar-refractivity contribution is 6.25. The first-order valence-electron chi connectivity index (χ1n) is 19.6. The number of fused-ring (bicyclic) bond motifs is 6. The molecule has 0 bridgehead atoms.